The predicted molar refractivity (Wildman–Crippen MR) is 74.2 cm³/mol. The standard InChI is InChI=1S/C15H14O4S/c16-15(17)13-6-7-19-14(13)9-20(18)12-5-4-10-2-1-3-11(10)8-12/h4-8H,1-3,9H2,(H,16,17). The van der Waals surface area contributed by atoms with Crippen LogP contribution in [0.25, 0.3) is 0 Å². The molecular formula is C15H14O4S. The maximum absolute atomic E-state index is 12.3. The Hall–Kier alpha value is -1.88. The molecule has 1 atom stereocenters. The molecular weight excluding hydrogens is 276 g/mol. The van der Waals surface area contributed by atoms with Gasteiger partial charge in [-0.1, -0.05) is 6.07 Å². The molecule has 3 rings (SSSR count). The van der Waals surface area contributed by atoms with E-state index in [1.54, 1.807) is 0 Å². The number of hydrogen-bond donors (Lipinski definition) is 1. The van der Waals surface area contributed by atoms with Gasteiger partial charge in [0.2, 0.25) is 0 Å². The van der Waals surface area contributed by atoms with E-state index in [9.17, 15) is 9.00 Å². The highest BCUT2D eigenvalue weighted by molar-refractivity contribution is 7.84. The minimum atomic E-state index is -1.29. The van der Waals surface area contributed by atoms with E-state index in [0.29, 0.717) is 0 Å². The normalized spacial score (nSPS) is 15.0. The van der Waals surface area contributed by atoms with Gasteiger partial charge in [0.1, 0.15) is 11.3 Å². The first-order chi connectivity index (χ1) is 9.65. The topological polar surface area (TPSA) is 67.5 Å². The number of hydrogen-bond acceptors (Lipinski definition) is 3. The molecule has 0 radical (unpaired) electrons. The highest BCUT2D eigenvalue weighted by atomic mass is 32.2. The lowest BCUT2D eigenvalue weighted by Gasteiger charge is -2.05. The van der Waals surface area contributed by atoms with Gasteiger partial charge in [0, 0.05) is 4.90 Å². The number of rotatable bonds is 4. The Kier molecular flexibility index (Phi) is 3.44. The van der Waals surface area contributed by atoms with Crippen LogP contribution in [-0.4, -0.2) is 15.3 Å². The van der Waals surface area contributed by atoms with E-state index in [-0.39, 0.29) is 17.1 Å². The third-order valence-electron chi connectivity index (χ3n) is 3.57. The molecule has 0 spiro atoms. The SMILES string of the molecule is O=C(O)c1ccoc1CS(=O)c1ccc2c(c1)CCC2. The summed E-state index contributed by atoms with van der Waals surface area (Å²) in [5.74, 6) is -0.705. The predicted octanol–water partition coefficient (Wildman–Crippen LogP) is 2.77. The minimum Gasteiger partial charge on any atom is -0.478 e. The number of benzene rings is 1. The first-order valence-electron chi connectivity index (χ1n) is 6.45. The quantitative estimate of drug-likeness (QED) is 0.940. The fourth-order valence-electron chi connectivity index (χ4n) is 2.54. The van der Waals surface area contributed by atoms with Gasteiger partial charge in [-0.3, -0.25) is 4.21 Å². The van der Waals surface area contributed by atoms with E-state index in [1.165, 1.54) is 23.5 Å². The van der Waals surface area contributed by atoms with E-state index in [0.717, 1.165) is 24.2 Å². The van der Waals surface area contributed by atoms with Crippen LogP contribution in [-0.2, 0) is 29.4 Å². The second-order valence-corrected chi connectivity index (χ2v) is 6.29. The molecule has 1 aromatic carbocycles. The zero-order valence-corrected chi connectivity index (χ0v) is 11.6. The van der Waals surface area contributed by atoms with Crippen molar-refractivity contribution in [2.24, 2.45) is 0 Å². The molecule has 1 heterocycles. The molecule has 20 heavy (non-hydrogen) atoms. The summed E-state index contributed by atoms with van der Waals surface area (Å²) < 4.78 is 17.5. The van der Waals surface area contributed by atoms with Gasteiger partial charge in [-0.25, -0.2) is 4.79 Å². The van der Waals surface area contributed by atoms with Crippen LogP contribution < -0.4 is 0 Å². The molecule has 0 saturated carbocycles. The molecule has 1 aromatic heterocycles. The smallest absolute Gasteiger partial charge is 0.339 e. The van der Waals surface area contributed by atoms with Gasteiger partial charge in [0.25, 0.3) is 0 Å². The van der Waals surface area contributed by atoms with Crippen LogP contribution in [0.1, 0.15) is 33.7 Å². The van der Waals surface area contributed by atoms with Gasteiger partial charge in [-0.05, 0) is 48.6 Å². The Morgan fingerprint density at radius 2 is 2.05 bits per heavy atom. The fourth-order valence-corrected chi connectivity index (χ4v) is 3.66. The van der Waals surface area contributed by atoms with Gasteiger partial charge >= 0.3 is 5.97 Å². The summed E-state index contributed by atoms with van der Waals surface area (Å²) in [5, 5.41) is 9.01. The third kappa shape index (κ3) is 2.41. The molecule has 0 amide bonds. The van der Waals surface area contributed by atoms with Crippen molar-refractivity contribution >= 4 is 16.8 Å². The summed E-state index contributed by atoms with van der Waals surface area (Å²) in [6.45, 7) is 0. The van der Waals surface area contributed by atoms with Crippen LogP contribution in [0.4, 0.5) is 0 Å². The van der Waals surface area contributed by atoms with E-state index in [4.69, 9.17) is 9.52 Å². The van der Waals surface area contributed by atoms with E-state index >= 15 is 0 Å². The van der Waals surface area contributed by atoms with Crippen LogP contribution >= 0.6 is 0 Å². The molecule has 0 saturated heterocycles. The van der Waals surface area contributed by atoms with Crippen molar-refractivity contribution in [3.8, 4) is 0 Å². The van der Waals surface area contributed by atoms with Crippen LogP contribution in [0.5, 0.6) is 0 Å². The number of aromatic carboxylic acids is 1. The zero-order chi connectivity index (χ0) is 14.1. The molecule has 0 aliphatic heterocycles. The van der Waals surface area contributed by atoms with Crippen molar-refractivity contribution in [3.05, 3.63) is 53.0 Å². The zero-order valence-electron chi connectivity index (χ0n) is 10.8. The molecule has 5 heteroatoms. The van der Waals surface area contributed by atoms with E-state index in [1.807, 2.05) is 18.2 Å². The molecule has 0 bridgehead atoms. The second kappa shape index (κ2) is 5.25. The van der Waals surface area contributed by atoms with Crippen molar-refractivity contribution in [2.45, 2.75) is 29.9 Å². The summed E-state index contributed by atoms with van der Waals surface area (Å²) in [6.07, 6.45) is 4.58. The van der Waals surface area contributed by atoms with Crippen molar-refractivity contribution in [1.29, 1.82) is 0 Å². The second-order valence-electron chi connectivity index (χ2n) is 4.84. The maximum Gasteiger partial charge on any atom is 0.339 e. The molecule has 1 aliphatic carbocycles. The van der Waals surface area contributed by atoms with Crippen molar-refractivity contribution in [1.82, 2.24) is 0 Å². The molecule has 1 unspecified atom stereocenters. The van der Waals surface area contributed by atoms with Gasteiger partial charge in [-0.2, -0.15) is 0 Å². The summed E-state index contributed by atoms with van der Waals surface area (Å²) in [5.41, 5.74) is 2.67. The van der Waals surface area contributed by atoms with Gasteiger partial charge < -0.3 is 9.52 Å². The lowest BCUT2D eigenvalue weighted by molar-refractivity contribution is 0.0695. The monoisotopic (exact) mass is 290 g/mol. The number of aryl methyl sites for hydroxylation is 2. The number of carboxylic acids is 1. The van der Waals surface area contributed by atoms with Crippen LogP contribution in [0.2, 0.25) is 0 Å². The average Bonchev–Trinajstić information content (AvgIpc) is 3.05. The van der Waals surface area contributed by atoms with Gasteiger partial charge in [-0.15, -0.1) is 0 Å². The van der Waals surface area contributed by atoms with Crippen LogP contribution in [0.3, 0.4) is 0 Å². The maximum atomic E-state index is 12.3. The first kappa shape index (κ1) is 13.1. The summed E-state index contributed by atoms with van der Waals surface area (Å²) in [7, 11) is -1.29. The molecule has 4 nitrogen and oxygen atoms in total. The molecule has 2 aromatic rings. The Balaban J connectivity index is 1.83. The largest absolute Gasteiger partial charge is 0.478 e. The number of carboxylic acid groups (broad SMARTS) is 1. The Morgan fingerprint density at radius 1 is 1.25 bits per heavy atom. The van der Waals surface area contributed by atoms with Crippen molar-refractivity contribution in [3.63, 3.8) is 0 Å². The number of fused-ring (bicyclic) bond motifs is 1. The lowest BCUT2D eigenvalue weighted by Crippen LogP contribution is -2.03. The first-order valence-corrected chi connectivity index (χ1v) is 7.77. The average molecular weight is 290 g/mol. The third-order valence-corrected chi connectivity index (χ3v) is 4.87. The van der Waals surface area contributed by atoms with E-state index in [2.05, 4.69) is 0 Å². The number of furan rings is 1. The van der Waals surface area contributed by atoms with Crippen LogP contribution in [0, 0.1) is 0 Å². The van der Waals surface area contributed by atoms with Gasteiger partial charge in [0.15, 0.2) is 0 Å². The summed E-state index contributed by atoms with van der Waals surface area (Å²) in [6, 6.07) is 7.25. The lowest BCUT2D eigenvalue weighted by atomic mass is 10.1. The van der Waals surface area contributed by atoms with Crippen LogP contribution in [0.15, 0.2) is 39.8 Å². The van der Waals surface area contributed by atoms with Crippen molar-refractivity contribution in [2.75, 3.05) is 0 Å². The van der Waals surface area contributed by atoms with E-state index < -0.39 is 16.8 Å². The Bertz CT molecular complexity index is 687. The Labute approximate surface area is 118 Å². The molecule has 104 valence electrons. The van der Waals surface area contributed by atoms with Crippen molar-refractivity contribution < 1.29 is 18.5 Å². The Morgan fingerprint density at radius 3 is 2.85 bits per heavy atom. The molecule has 0 fully saturated rings. The van der Waals surface area contributed by atoms with Gasteiger partial charge in [0.05, 0.1) is 22.8 Å². The summed E-state index contributed by atoms with van der Waals surface area (Å²) >= 11 is 0. The molecule has 1 N–H and O–H groups in total. The summed E-state index contributed by atoms with van der Waals surface area (Å²) in [4.78, 5) is 11.7. The number of carbonyl (C=O) groups is 1. The highest BCUT2D eigenvalue weighted by Crippen LogP contribution is 2.25. The molecule has 1 aliphatic rings. The fraction of sp³-hybridized carbons (Fsp3) is 0.267. The minimum absolute atomic E-state index is 0.0829. The highest BCUT2D eigenvalue weighted by Gasteiger charge is 2.18.